The van der Waals surface area contributed by atoms with Crippen LogP contribution in [-0.2, 0) is 0 Å². The van der Waals surface area contributed by atoms with E-state index in [1.54, 1.807) is 19.3 Å². The van der Waals surface area contributed by atoms with Gasteiger partial charge in [-0.15, -0.1) is 11.3 Å². The molecular weight excluding hydrogens is 420 g/mol. The van der Waals surface area contributed by atoms with Crippen LogP contribution in [0.3, 0.4) is 0 Å². The summed E-state index contributed by atoms with van der Waals surface area (Å²) in [6.45, 7) is 1.57. The zero-order chi connectivity index (χ0) is 21.7. The number of aromatic nitrogens is 6. The molecule has 0 saturated heterocycles. The second-order valence-electron chi connectivity index (χ2n) is 7.44. The first-order valence-corrected chi connectivity index (χ1v) is 10.8. The van der Waals surface area contributed by atoms with Gasteiger partial charge in [0.1, 0.15) is 16.9 Å². The van der Waals surface area contributed by atoms with Gasteiger partial charge in [0.05, 0.1) is 20.8 Å². The van der Waals surface area contributed by atoms with E-state index in [0.717, 1.165) is 49.3 Å². The van der Waals surface area contributed by atoms with Gasteiger partial charge in [0.15, 0.2) is 11.6 Å². The summed E-state index contributed by atoms with van der Waals surface area (Å²) in [5.41, 5.74) is 6.12. The number of carbonyl (C=O) groups excluding carboxylic acids is 1. The van der Waals surface area contributed by atoms with Crippen LogP contribution < -0.4 is 0 Å². The molecule has 0 saturated carbocycles. The van der Waals surface area contributed by atoms with Crippen molar-refractivity contribution in [3.8, 4) is 33.2 Å². The number of nitrogens with zero attached hydrogens (tertiary/aromatic N) is 4. The summed E-state index contributed by atoms with van der Waals surface area (Å²) in [6.07, 6.45) is 5.35. The number of fused-ring (bicyclic) bond motifs is 2. The number of H-pyrrole nitrogens is 2. The molecule has 6 rings (SSSR count). The summed E-state index contributed by atoms with van der Waals surface area (Å²) in [6, 6.07) is 15.7. The SMILES string of the molecule is CC(=O)c1ccc(-c2nccc3[nH]c(-c4n[nH]c5ccc(-c6cccnc6)cc45)nc23)s1. The van der Waals surface area contributed by atoms with Gasteiger partial charge in [-0.2, -0.15) is 5.10 Å². The molecule has 7 nitrogen and oxygen atoms in total. The van der Waals surface area contributed by atoms with Crippen LogP contribution in [0.1, 0.15) is 16.6 Å². The average Bonchev–Trinajstić information content (AvgIpc) is 3.56. The fraction of sp³-hybridized carbons (Fsp3) is 0.0417. The fourth-order valence-corrected chi connectivity index (χ4v) is 4.69. The molecule has 0 bridgehead atoms. The summed E-state index contributed by atoms with van der Waals surface area (Å²) in [5.74, 6) is 0.704. The summed E-state index contributed by atoms with van der Waals surface area (Å²) in [5, 5.41) is 8.59. The number of carbonyl (C=O) groups is 1. The third kappa shape index (κ3) is 3.00. The lowest BCUT2D eigenvalue weighted by atomic mass is 10.0. The van der Waals surface area contributed by atoms with Crippen LogP contribution in [0.15, 0.2) is 67.1 Å². The van der Waals surface area contributed by atoms with Gasteiger partial charge in [0.2, 0.25) is 0 Å². The lowest BCUT2D eigenvalue weighted by Crippen LogP contribution is -1.84. The van der Waals surface area contributed by atoms with Gasteiger partial charge < -0.3 is 4.98 Å². The van der Waals surface area contributed by atoms with Gasteiger partial charge in [-0.1, -0.05) is 12.1 Å². The van der Waals surface area contributed by atoms with Crippen LogP contribution in [0.2, 0.25) is 0 Å². The Hall–Kier alpha value is -4.17. The van der Waals surface area contributed by atoms with E-state index in [9.17, 15) is 4.79 Å². The van der Waals surface area contributed by atoms with Crippen LogP contribution in [0.5, 0.6) is 0 Å². The highest BCUT2D eigenvalue weighted by Crippen LogP contribution is 2.34. The number of aromatic amines is 2. The minimum absolute atomic E-state index is 0.0450. The van der Waals surface area contributed by atoms with E-state index in [-0.39, 0.29) is 5.78 Å². The van der Waals surface area contributed by atoms with E-state index >= 15 is 0 Å². The molecule has 6 aromatic rings. The molecule has 0 aliphatic carbocycles. The van der Waals surface area contributed by atoms with Crippen molar-refractivity contribution in [1.82, 2.24) is 30.1 Å². The summed E-state index contributed by atoms with van der Waals surface area (Å²) in [4.78, 5) is 30.3. The Morgan fingerprint density at radius 1 is 0.969 bits per heavy atom. The first-order chi connectivity index (χ1) is 15.7. The van der Waals surface area contributed by atoms with E-state index < -0.39 is 0 Å². The van der Waals surface area contributed by atoms with Crippen molar-refractivity contribution in [2.75, 3.05) is 0 Å². The number of nitrogens with one attached hydrogen (secondary N) is 2. The fourth-order valence-electron chi connectivity index (χ4n) is 3.79. The Labute approximate surface area is 186 Å². The normalized spacial score (nSPS) is 11.4. The first kappa shape index (κ1) is 18.6. The second-order valence-corrected chi connectivity index (χ2v) is 8.52. The quantitative estimate of drug-likeness (QED) is 0.356. The molecule has 0 aliphatic rings. The Morgan fingerprint density at radius 3 is 2.72 bits per heavy atom. The molecule has 8 heteroatoms. The number of Topliss-reactive ketones (excluding diaryl/α,β-unsaturated/α-hetero) is 1. The van der Waals surface area contributed by atoms with Crippen LogP contribution in [0, 0.1) is 0 Å². The summed E-state index contributed by atoms with van der Waals surface area (Å²) < 4.78 is 0. The molecule has 0 atom stereocenters. The maximum atomic E-state index is 11.7. The van der Waals surface area contributed by atoms with Crippen LogP contribution in [-0.4, -0.2) is 35.9 Å². The number of imidazole rings is 1. The molecule has 0 fully saturated rings. The standard InChI is InChI=1S/C24H16N6OS/c1-13(31)19-6-7-20(32-19)23-22-18(8-10-26-23)27-24(28-22)21-16-11-14(4-5-17(16)29-30-21)15-3-2-9-25-12-15/h2-12H,1H3,(H,27,28)(H,29,30). The van der Waals surface area contributed by atoms with E-state index in [1.807, 2.05) is 48.7 Å². The predicted octanol–water partition coefficient (Wildman–Crippen LogP) is 5.49. The largest absolute Gasteiger partial charge is 0.336 e. The van der Waals surface area contributed by atoms with Crippen molar-refractivity contribution in [2.24, 2.45) is 0 Å². The Bertz CT molecular complexity index is 1610. The van der Waals surface area contributed by atoms with Gasteiger partial charge >= 0.3 is 0 Å². The zero-order valence-corrected chi connectivity index (χ0v) is 17.8. The molecule has 154 valence electrons. The monoisotopic (exact) mass is 436 g/mol. The highest BCUT2D eigenvalue weighted by atomic mass is 32.1. The van der Waals surface area contributed by atoms with Crippen molar-refractivity contribution in [1.29, 1.82) is 0 Å². The van der Waals surface area contributed by atoms with Gasteiger partial charge in [0, 0.05) is 29.5 Å². The van der Waals surface area contributed by atoms with Crippen molar-refractivity contribution in [3.63, 3.8) is 0 Å². The van der Waals surface area contributed by atoms with Crippen molar-refractivity contribution >= 4 is 39.1 Å². The first-order valence-electron chi connectivity index (χ1n) is 10.0. The van der Waals surface area contributed by atoms with E-state index in [1.165, 1.54) is 11.3 Å². The molecule has 0 spiro atoms. The van der Waals surface area contributed by atoms with Gasteiger partial charge in [-0.05, 0) is 48.9 Å². The van der Waals surface area contributed by atoms with Crippen molar-refractivity contribution < 1.29 is 4.79 Å². The van der Waals surface area contributed by atoms with Gasteiger partial charge in [-0.3, -0.25) is 19.9 Å². The highest BCUT2D eigenvalue weighted by molar-refractivity contribution is 7.17. The van der Waals surface area contributed by atoms with Gasteiger partial charge in [-0.25, -0.2) is 4.98 Å². The molecular formula is C24H16N6OS. The van der Waals surface area contributed by atoms with Crippen molar-refractivity contribution in [2.45, 2.75) is 6.92 Å². The number of hydrogen-bond acceptors (Lipinski definition) is 6. The van der Waals surface area contributed by atoms with Crippen LogP contribution in [0.4, 0.5) is 0 Å². The minimum atomic E-state index is 0.0450. The van der Waals surface area contributed by atoms with Crippen LogP contribution in [0.25, 0.3) is 55.2 Å². The molecule has 0 amide bonds. The van der Waals surface area contributed by atoms with Crippen molar-refractivity contribution in [3.05, 3.63) is 72.0 Å². The second kappa shape index (κ2) is 7.21. The Balaban J connectivity index is 1.49. The number of hydrogen-bond donors (Lipinski definition) is 2. The molecule has 0 aliphatic heterocycles. The maximum absolute atomic E-state index is 11.7. The van der Waals surface area contributed by atoms with Crippen LogP contribution >= 0.6 is 11.3 Å². The number of ketones is 1. The Morgan fingerprint density at radius 2 is 1.91 bits per heavy atom. The van der Waals surface area contributed by atoms with Gasteiger partial charge in [0.25, 0.3) is 0 Å². The molecule has 2 N–H and O–H groups in total. The maximum Gasteiger partial charge on any atom is 0.169 e. The molecule has 1 aromatic carbocycles. The molecule has 0 unspecified atom stereocenters. The third-order valence-electron chi connectivity index (χ3n) is 5.37. The minimum Gasteiger partial charge on any atom is -0.336 e. The Kier molecular flexibility index (Phi) is 4.19. The molecule has 32 heavy (non-hydrogen) atoms. The zero-order valence-electron chi connectivity index (χ0n) is 17.0. The molecule has 0 radical (unpaired) electrons. The predicted molar refractivity (Wildman–Crippen MR) is 126 cm³/mol. The average molecular weight is 437 g/mol. The third-order valence-corrected chi connectivity index (χ3v) is 6.56. The topological polar surface area (TPSA) is 100 Å². The number of benzene rings is 1. The molecule has 5 aromatic heterocycles. The summed E-state index contributed by atoms with van der Waals surface area (Å²) in [7, 11) is 0. The number of thiophene rings is 1. The van der Waals surface area contributed by atoms with E-state index in [4.69, 9.17) is 4.98 Å². The highest BCUT2D eigenvalue weighted by Gasteiger charge is 2.17. The number of rotatable bonds is 4. The number of pyridine rings is 2. The van der Waals surface area contributed by atoms with E-state index in [0.29, 0.717) is 10.7 Å². The smallest absolute Gasteiger partial charge is 0.169 e. The summed E-state index contributed by atoms with van der Waals surface area (Å²) >= 11 is 1.42. The molecule has 5 heterocycles. The van der Waals surface area contributed by atoms with E-state index in [2.05, 4.69) is 31.2 Å². The lowest BCUT2D eigenvalue weighted by Gasteiger charge is -2.01. The lowest BCUT2D eigenvalue weighted by molar-refractivity contribution is 0.102.